The summed E-state index contributed by atoms with van der Waals surface area (Å²) in [5, 5.41) is 0. The van der Waals surface area contributed by atoms with Gasteiger partial charge < -0.3 is 4.74 Å². The van der Waals surface area contributed by atoms with Gasteiger partial charge in [-0.05, 0) is 19.8 Å². The molecule has 0 saturated carbocycles. The summed E-state index contributed by atoms with van der Waals surface area (Å²) in [6, 6.07) is 0.0378. The van der Waals surface area contributed by atoms with Gasteiger partial charge in [0, 0.05) is 12.5 Å². The first kappa shape index (κ1) is 17.4. The summed E-state index contributed by atoms with van der Waals surface area (Å²) >= 11 is 6.44. The molecule has 1 aliphatic rings. The number of carbonyl (C=O) groups excluding carboxylic acids is 2. The summed E-state index contributed by atoms with van der Waals surface area (Å²) < 4.78 is 5.00. The van der Waals surface area contributed by atoms with Crippen LogP contribution in [0.25, 0.3) is 0 Å². The number of ketones is 1. The van der Waals surface area contributed by atoms with Crippen molar-refractivity contribution in [2.45, 2.75) is 70.3 Å². The number of Topliss-reactive ketones (excluding diaryl/α,β-unsaturated/α-hetero) is 1. The van der Waals surface area contributed by atoms with Gasteiger partial charge in [-0.15, -0.1) is 11.6 Å². The standard InChI is InChI=1S/C15H26ClNO3/c1-3-5-6-7-14(16)17-11-13(18)9-8-12(17)10-15(19)20-4-2/h12,14H,3-11H2,1-2H3. The van der Waals surface area contributed by atoms with E-state index >= 15 is 0 Å². The first-order valence-electron chi connectivity index (χ1n) is 7.65. The van der Waals surface area contributed by atoms with Crippen molar-refractivity contribution in [2.75, 3.05) is 13.2 Å². The van der Waals surface area contributed by atoms with E-state index in [9.17, 15) is 9.59 Å². The van der Waals surface area contributed by atoms with E-state index in [0.29, 0.717) is 32.4 Å². The molecule has 2 atom stereocenters. The molecule has 0 radical (unpaired) electrons. The zero-order valence-electron chi connectivity index (χ0n) is 12.6. The minimum absolute atomic E-state index is 0.0378. The number of piperidine rings is 1. The molecular weight excluding hydrogens is 278 g/mol. The lowest BCUT2D eigenvalue weighted by molar-refractivity contribution is -0.146. The molecule has 4 nitrogen and oxygen atoms in total. The highest BCUT2D eigenvalue weighted by Crippen LogP contribution is 2.25. The molecule has 0 aromatic rings. The van der Waals surface area contributed by atoms with Crippen LogP contribution >= 0.6 is 11.6 Å². The summed E-state index contributed by atoms with van der Waals surface area (Å²) in [6.07, 6.45) is 5.79. The molecule has 1 aliphatic heterocycles. The third-order valence-electron chi connectivity index (χ3n) is 3.70. The number of esters is 1. The molecular formula is C15H26ClNO3. The van der Waals surface area contributed by atoms with E-state index in [4.69, 9.17) is 16.3 Å². The van der Waals surface area contributed by atoms with Gasteiger partial charge in [0.25, 0.3) is 0 Å². The van der Waals surface area contributed by atoms with Crippen molar-refractivity contribution in [1.29, 1.82) is 0 Å². The number of alkyl halides is 1. The molecule has 0 aromatic heterocycles. The Labute approximate surface area is 126 Å². The number of likely N-dealkylation sites (tertiary alicyclic amines) is 1. The lowest BCUT2D eigenvalue weighted by Crippen LogP contribution is -2.48. The fourth-order valence-electron chi connectivity index (χ4n) is 2.59. The van der Waals surface area contributed by atoms with E-state index in [1.807, 2.05) is 4.90 Å². The van der Waals surface area contributed by atoms with Gasteiger partial charge >= 0.3 is 5.97 Å². The summed E-state index contributed by atoms with van der Waals surface area (Å²) in [5.74, 6) is 0.0144. The highest BCUT2D eigenvalue weighted by atomic mass is 35.5. The van der Waals surface area contributed by atoms with E-state index in [2.05, 4.69) is 6.92 Å². The van der Waals surface area contributed by atoms with E-state index < -0.39 is 0 Å². The molecule has 2 unspecified atom stereocenters. The second-order valence-electron chi connectivity index (χ2n) is 5.34. The number of unbranched alkanes of at least 4 members (excludes halogenated alkanes) is 2. The summed E-state index contributed by atoms with van der Waals surface area (Å²) in [5.41, 5.74) is -0.162. The Balaban J connectivity index is 2.55. The maximum absolute atomic E-state index is 11.6. The number of nitrogens with zero attached hydrogens (tertiary/aromatic N) is 1. The molecule has 0 amide bonds. The van der Waals surface area contributed by atoms with Gasteiger partial charge in [-0.2, -0.15) is 0 Å². The Morgan fingerprint density at radius 1 is 1.45 bits per heavy atom. The van der Waals surface area contributed by atoms with Crippen molar-refractivity contribution >= 4 is 23.4 Å². The Morgan fingerprint density at radius 2 is 2.20 bits per heavy atom. The van der Waals surface area contributed by atoms with Gasteiger partial charge in [-0.25, -0.2) is 0 Å². The number of hydrogen-bond donors (Lipinski definition) is 0. The fraction of sp³-hybridized carbons (Fsp3) is 0.867. The maximum atomic E-state index is 11.6. The van der Waals surface area contributed by atoms with E-state index in [1.165, 1.54) is 0 Å². The first-order chi connectivity index (χ1) is 9.58. The zero-order valence-corrected chi connectivity index (χ0v) is 13.3. The van der Waals surface area contributed by atoms with Crippen molar-refractivity contribution in [3.8, 4) is 0 Å². The number of rotatable bonds is 8. The van der Waals surface area contributed by atoms with Gasteiger partial charge in [0.05, 0.1) is 25.1 Å². The van der Waals surface area contributed by atoms with Crippen LogP contribution in [0.4, 0.5) is 0 Å². The summed E-state index contributed by atoms with van der Waals surface area (Å²) in [6.45, 7) is 4.71. The van der Waals surface area contributed by atoms with Crippen molar-refractivity contribution in [2.24, 2.45) is 0 Å². The molecule has 1 fully saturated rings. The van der Waals surface area contributed by atoms with Gasteiger partial charge in [-0.3, -0.25) is 14.5 Å². The molecule has 20 heavy (non-hydrogen) atoms. The Bertz CT molecular complexity index is 322. The quantitative estimate of drug-likeness (QED) is 0.299. The minimum Gasteiger partial charge on any atom is -0.466 e. The third-order valence-corrected chi connectivity index (χ3v) is 4.17. The lowest BCUT2D eigenvalue weighted by atomic mass is 9.98. The Morgan fingerprint density at radius 3 is 2.85 bits per heavy atom. The van der Waals surface area contributed by atoms with Crippen molar-refractivity contribution < 1.29 is 14.3 Å². The average Bonchev–Trinajstić information content (AvgIpc) is 2.41. The largest absolute Gasteiger partial charge is 0.466 e. The molecule has 5 heteroatoms. The van der Waals surface area contributed by atoms with Crippen molar-refractivity contribution in [3.63, 3.8) is 0 Å². The SMILES string of the molecule is CCCCCC(Cl)N1CC(=O)CCC1CC(=O)OCC. The third kappa shape index (κ3) is 5.80. The van der Waals surface area contributed by atoms with Crippen LogP contribution in [0.1, 0.15) is 58.8 Å². The number of hydrogen-bond acceptors (Lipinski definition) is 4. The van der Waals surface area contributed by atoms with Crippen molar-refractivity contribution in [3.05, 3.63) is 0 Å². The smallest absolute Gasteiger partial charge is 0.307 e. The fourth-order valence-corrected chi connectivity index (χ4v) is 2.98. The monoisotopic (exact) mass is 303 g/mol. The highest BCUT2D eigenvalue weighted by Gasteiger charge is 2.32. The Kier molecular flexibility index (Phi) is 8.15. The second-order valence-corrected chi connectivity index (χ2v) is 5.85. The first-order valence-corrected chi connectivity index (χ1v) is 8.09. The molecule has 116 valence electrons. The molecule has 0 bridgehead atoms. The van der Waals surface area contributed by atoms with Crippen LogP contribution in [-0.2, 0) is 14.3 Å². The topological polar surface area (TPSA) is 46.6 Å². The minimum atomic E-state index is -0.200. The van der Waals surface area contributed by atoms with Crippen LogP contribution in [0.5, 0.6) is 0 Å². The van der Waals surface area contributed by atoms with E-state index in [1.54, 1.807) is 6.92 Å². The summed E-state index contributed by atoms with van der Waals surface area (Å²) in [4.78, 5) is 25.3. The molecule has 0 aliphatic carbocycles. The molecule has 0 aromatic carbocycles. The van der Waals surface area contributed by atoms with Gasteiger partial charge in [0.2, 0.25) is 0 Å². The van der Waals surface area contributed by atoms with Crippen LogP contribution in [0.2, 0.25) is 0 Å². The molecule has 1 heterocycles. The number of carbonyl (C=O) groups is 2. The Hall–Kier alpha value is -0.610. The van der Waals surface area contributed by atoms with Gasteiger partial charge in [-0.1, -0.05) is 26.2 Å². The van der Waals surface area contributed by atoms with Crippen LogP contribution in [-0.4, -0.2) is 41.3 Å². The van der Waals surface area contributed by atoms with E-state index in [-0.39, 0.29) is 23.3 Å². The number of halogens is 1. The normalized spacial score (nSPS) is 21.8. The molecule has 0 spiro atoms. The lowest BCUT2D eigenvalue weighted by Gasteiger charge is -2.37. The predicted molar refractivity (Wildman–Crippen MR) is 79.8 cm³/mol. The van der Waals surface area contributed by atoms with Crippen LogP contribution in [0.15, 0.2) is 0 Å². The average molecular weight is 304 g/mol. The predicted octanol–water partition coefficient (Wildman–Crippen LogP) is 3.12. The van der Waals surface area contributed by atoms with Gasteiger partial charge in [0.1, 0.15) is 5.78 Å². The second kappa shape index (κ2) is 9.35. The molecule has 1 rings (SSSR count). The van der Waals surface area contributed by atoms with Crippen LogP contribution in [0, 0.1) is 0 Å². The number of ether oxygens (including phenoxy) is 1. The molecule has 0 N–H and O–H groups in total. The van der Waals surface area contributed by atoms with Gasteiger partial charge in [0.15, 0.2) is 0 Å². The zero-order chi connectivity index (χ0) is 15.0. The van der Waals surface area contributed by atoms with E-state index in [0.717, 1.165) is 25.7 Å². The van der Waals surface area contributed by atoms with Crippen LogP contribution < -0.4 is 0 Å². The maximum Gasteiger partial charge on any atom is 0.307 e. The van der Waals surface area contributed by atoms with Crippen molar-refractivity contribution in [1.82, 2.24) is 4.90 Å². The summed E-state index contributed by atoms with van der Waals surface area (Å²) in [7, 11) is 0. The molecule has 1 saturated heterocycles. The van der Waals surface area contributed by atoms with Crippen LogP contribution in [0.3, 0.4) is 0 Å². The highest BCUT2D eigenvalue weighted by molar-refractivity contribution is 6.20.